The summed E-state index contributed by atoms with van der Waals surface area (Å²) in [5, 5.41) is 7.57. The number of aryl methyl sites for hydroxylation is 2. The molecule has 0 aliphatic heterocycles. The van der Waals surface area contributed by atoms with E-state index in [2.05, 4.69) is 35.5 Å². The maximum atomic E-state index is 6.24. The van der Waals surface area contributed by atoms with Crippen molar-refractivity contribution in [1.82, 2.24) is 15.1 Å². The summed E-state index contributed by atoms with van der Waals surface area (Å²) < 4.78 is 8.18. The lowest BCUT2D eigenvalue weighted by atomic mass is 10.1. The van der Waals surface area contributed by atoms with Crippen LogP contribution in [0.1, 0.15) is 23.1 Å². The van der Waals surface area contributed by atoms with Crippen LogP contribution in [-0.2, 0) is 0 Å². The molecule has 0 aliphatic rings. The van der Waals surface area contributed by atoms with Gasteiger partial charge < -0.3 is 10.1 Å². The largest absolute Gasteiger partial charge is 0.481 e. The molecule has 25 heavy (non-hydrogen) atoms. The SMILES string of the molecule is CNC=CC(Oc1cccc(-n2nc(C)cc2C)c1)c1ccccc1. The highest BCUT2D eigenvalue weighted by Crippen LogP contribution is 2.25. The first-order chi connectivity index (χ1) is 12.2. The zero-order chi connectivity index (χ0) is 17.6. The molecular formula is C21H23N3O. The number of nitrogens with zero attached hydrogens (tertiary/aromatic N) is 2. The van der Waals surface area contributed by atoms with E-state index < -0.39 is 0 Å². The van der Waals surface area contributed by atoms with Gasteiger partial charge in [0.1, 0.15) is 11.9 Å². The predicted molar refractivity (Wildman–Crippen MR) is 101 cm³/mol. The van der Waals surface area contributed by atoms with E-state index in [0.717, 1.165) is 28.4 Å². The molecule has 0 radical (unpaired) electrons. The Bertz CT molecular complexity index is 853. The summed E-state index contributed by atoms with van der Waals surface area (Å²) in [6, 6.07) is 20.3. The van der Waals surface area contributed by atoms with Crippen LogP contribution in [0.25, 0.3) is 5.69 Å². The highest BCUT2D eigenvalue weighted by atomic mass is 16.5. The Balaban J connectivity index is 1.89. The van der Waals surface area contributed by atoms with Crippen LogP contribution >= 0.6 is 0 Å². The molecule has 2 aromatic carbocycles. The molecule has 4 nitrogen and oxygen atoms in total. The van der Waals surface area contributed by atoms with E-state index in [-0.39, 0.29) is 6.10 Å². The van der Waals surface area contributed by atoms with Crippen molar-refractivity contribution in [1.29, 1.82) is 0 Å². The van der Waals surface area contributed by atoms with Gasteiger partial charge in [0.2, 0.25) is 0 Å². The number of benzene rings is 2. The van der Waals surface area contributed by atoms with E-state index in [1.165, 1.54) is 0 Å². The van der Waals surface area contributed by atoms with Gasteiger partial charge in [-0.25, -0.2) is 4.68 Å². The van der Waals surface area contributed by atoms with Crippen molar-refractivity contribution in [2.75, 3.05) is 7.05 Å². The minimum atomic E-state index is -0.163. The Morgan fingerprint density at radius 3 is 2.52 bits per heavy atom. The number of aromatic nitrogens is 2. The lowest BCUT2D eigenvalue weighted by molar-refractivity contribution is 0.255. The second-order valence-corrected chi connectivity index (χ2v) is 5.93. The smallest absolute Gasteiger partial charge is 0.144 e. The average molecular weight is 333 g/mol. The van der Waals surface area contributed by atoms with Crippen LogP contribution in [-0.4, -0.2) is 16.8 Å². The molecule has 3 rings (SSSR count). The molecule has 3 aromatic rings. The fourth-order valence-electron chi connectivity index (χ4n) is 2.77. The van der Waals surface area contributed by atoms with Gasteiger partial charge in [-0.2, -0.15) is 5.10 Å². The fourth-order valence-corrected chi connectivity index (χ4v) is 2.77. The monoisotopic (exact) mass is 333 g/mol. The number of nitrogens with one attached hydrogen (secondary N) is 1. The van der Waals surface area contributed by atoms with Gasteiger partial charge in [-0.15, -0.1) is 0 Å². The van der Waals surface area contributed by atoms with Crippen LogP contribution in [0, 0.1) is 13.8 Å². The number of ether oxygens (including phenoxy) is 1. The molecule has 1 unspecified atom stereocenters. The minimum Gasteiger partial charge on any atom is -0.481 e. The van der Waals surface area contributed by atoms with E-state index in [9.17, 15) is 0 Å². The molecule has 0 bridgehead atoms. The second-order valence-electron chi connectivity index (χ2n) is 5.93. The Morgan fingerprint density at radius 2 is 1.84 bits per heavy atom. The van der Waals surface area contributed by atoms with Crippen molar-refractivity contribution in [3.05, 3.63) is 89.9 Å². The lowest BCUT2D eigenvalue weighted by Gasteiger charge is -2.17. The molecule has 1 heterocycles. The Kier molecular flexibility index (Phi) is 5.19. The van der Waals surface area contributed by atoms with Crippen molar-refractivity contribution in [2.24, 2.45) is 0 Å². The summed E-state index contributed by atoms with van der Waals surface area (Å²) in [6.45, 7) is 4.05. The minimum absolute atomic E-state index is 0.163. The van der Waals surface area contributed by atoms with E-state index in [0.29, 0.717) is 0 Å². The first-order valence-electron chi connectivity index (χ1n) is 8.36. The lowest BCUT2D eigenvalue weighted by Crippen LogP contribution is -2.07. The predicted octanol–water partition coefficient (Wildman–Crippen LogP) is 4.34. The van der Waals surface area contributed by atoms with Crippen molar-refractivity contribution < 1.29 is 4.74 Å². The third-order valence-electron chi connectivity index (χ3n) is 3.90. The molecule has 1 aromatic heterocycles. The Morgan fingerprint density at radius 1 is 1.04 bits per heavy atom. The molecule has 4 heteroatoms. The Labute approximate surface area is 148 Å². The zero-order valence-corrected chi connectivity index (χ0v) is 14.8. The summed E-state index contributed by atoms with van der Waals surface area (Å²) >= 11 is 0. The molecule has 0 aliphatic carbocycles. The summed E-state index contributed by atoms with van der Waals surface area (Å²) in [7, 11) is 1.88. The van der Waals surface area contributed by atoms with Crippen LogP contribution < -0.4 is 10.1 Å². The van der Waals surface area contributed by atoms with Crippen molar-refractivity contribution in [2.45, 2.75) is 20.0 Å². The molecule has 0 amide bonds. The fraction of sp³-hybridized carbons (Fsp3) is 0.190. The van der Waals surface area contributed by atoms with Gasteiger partial charge in [-0.3, -0.25) is 0 Å². The first-order valence-corrected chi connectivity index (χ1v) is 8.36. The molecule has 1 N–H and O–H groups in total. The molecule has 128 valence electrons. The average Bonchev–Trinajstić information content (AvgIpc) is 2.98. The summed E-state index contributed by atoms with van der Waals surface area (Å²) in [6.07, 6.45) is 3.73. The second kappa shape index (κ2) is 7.71. The van der Waals surface area contributed by atoms with Gasteiger partial charge in [-0.05, 0) is 49.9 Å². The molecule has 0 spiro atoms. The third kappa shape index (κ3) is 4.10. The third-order valence-corrected chi connectivity index (χ3v) is 3.90. The zero-order valence-electron chi connectivity index (χ0n) is 14.8. The Hall–Kier alpha value is -3.01. The van der Waals surface area contributed by atoms with Gasteiger partial charge in [0.05, 0.1) is 11.4 Å². The molecular weight excluding hydrogens is 310 g/mol. The maximum Gasteiger partial charge on any atom is 0.144 e. The standard InChI is InChI=1S/C21H23N3O/c1-16-14-17(2)24(23-16)19-10-7-11-20(15-19)25-21(12-13-22-3)18-8-5-4-6-9-18/h4-15,21-22H,1-3H3. The van der Waals surface area contributed by atoms with Crippen LogP contribution in [0.15, 0.2) is 72.9 Å². The molecule has 1 atom stereocenters. The normalized spacial score (nSPS) is 12.3. The van der Waals surface area contributed by atoms with E-state index in [4.69, 9.17) is 4.74 Å². The van der Waals surface area contributed by atoms with Gasteiger partial charge in [-0.1, -0.05) is 36.4 Å². The van der Waals surface area contributed by atoms with Crippen molar-refractivity contribution in [3.8, 4) is 11.4 Å². The molecule has 0 saturated carbocycles. The summed E-state index contributed by atoms with van der Waals surface area (Å²) in [5.74, 6) is 0.805. The number of hydrogen-bond acceptors (Lipinski definition) is 3. The van der Waals surface area contributed by atoms with E-state index in [1.807, 2.05) is 73.4 Å². The first kappa shape index (κ1) is 16.8. The van der Waals surface area contributed by atoms with E-state index in [1.54, 1.807) is 0 Å². The highest BCUT2D eigenvalue weighted by molar-refractivity contribution is 5.40. The van der Waals surface area contributed by atoms with Gasteiger partial charge in [0.15, 0.2) is 0 Å². The summed E-state index contributed by atoms with van der Waals surface area (Å²) in [4.78, 5) is 0. The van der Waals surface area contributed by atoms with Crippen molar-refractivity contribution >= 4 is 0 Å². The number of rotatable bonds is 6. The van der Waals surface area contributed by atoms with Crippen LogP contribution in [0.3, 0.4) is 0 Å². The molecule has 0 fully saturated rings. The van der Waals surface area contributed by atoms with E-state index >= 15 is 0 Å². The number of hydrogen-bond donors (Lipinski definition) is 1. The van der Waals surface area contributed by atoms with Gasteiger partial charge in [0.25, 0.3) is 0 Å². The quantitative estimate of drug-likeness (QED) is 0.729. The molecule has 0 saturated heterocycles. The van der Waals surface area contributed by atoms with Gasteiger partial charge >= 0.3 is 0 Å². The van der Waals surface area contributed by atoms with Gasteiger partial charge in [0, 0.05) is 18.8 Å². The van der Waals surface area contributed by atoms with Crippen LogP contribution in [0.5, 0.6) is 5.75 Å². The van der Waals surface area contributed by atoms with Crippen LogP contribution in [0.4, 0.5) is 0 Å². The maximum absolute atomic E-state index is 6.24. The topological polar surface area (TPSA) is 39.1 Å². The highest BCUT2D eigenvalue weighted by Gasteiger charge is 2.11. The summed E-state index contributed by atoms with van der Waals surface area (Å²) in [5.41, 5.74) is 4.20. The van der Waals surface area contributed by atoms with Crippen LogP contribution in [0.2, 0.25) is 0 Å². The van der Waals surface area contributed by atoms with Crippen molar-refractivity contribution in [3.63, 3.8) is 0 Å².